The normalized spacial score (nSPS) is 24.4. The van der Waals surface area contributed by atoms with Crippen molar-refractivity contribution in [1.29, 1.82) is 0 Å². The van der Waals surface area contributed by atoms with E-state index >= 15 is 0 Å². The Bertz CT molecular complexity index is 3520. The Morgan fingerprint density at radius 2 is 0.932 bits per heavy atom. The first-order valence-electron chi connectivity index (χ1n) is 48.5. The van der Waals surface area contributed by atoms with Crippen molar-refractivity contribution in [3.63, 3.8) is 0 Å². The molecule has 6 aliphatic heterocycles. The number of aliphatic hydroxyl groups excluding tert-OH is 8. The van der Waals surface area contributed by atoms with Gasteiger partial charge in [0.1, 0.15) is 84.5 Å². The Balaban J connectivity index is 0.00000194. The van der Waals surface area contributed by atoms with Gasteiger partial charge in [0.15, 0.2) is 18.3 Å². The Hall–Kier alpha value is -3.60. The number of nitrogens with one attached hydrogen (secondary N) is 1. The fourth-order valence-corrected chi connectivity index (χ4v) is 15.3. The number of nitrogens with zero attached hydrogens (tertiary/aromatic N) is 2. The van der Waals surface area contributed by atoms with Crippen molar-refractivity contribution in [3.05, 3.63) is 59.7 Å². The maximum atomic E-state index is 14.1. The number of methoxy groups -OCH3 is 2. The van der Waals surface area contributed by atoms with Crippen molar-refractivity contribution in [2.75, 3.05) is 338 Å². The third kappa shape index (κ3) is 63.1. The Kier molecular flexibility index (Phi) is 89.1. The average Bonchev–Trinajstić information content (AvgIpc) is 0.748. The first kappa shape index (κ1) is 144. The van der Waals surface area contributed by atoms with Gasteiger partial charge in [-0.3, -0.25) is 24.5 Å². The number of likely N-dealkylation sites (N-methyl/N-ethyl adjacent to an activating group) is 1. The zero-order valence-electron chi connectivity index (χ0n) is 88.1. The van der Waals surface area contributed by atoms with E-state index in [1.54, 1.807) is 99.2 Å². The molecule has 0 saturated carbocycles. The van der Waals surface area contributed by atoms with Crippen LogP contribution in [-0.2, 0) is 171 Å². The van der Waals surface area contributed by atoms with Gasteiger partial charge in [0.2, 0.25) is 17.6 Å². The van der Waals surface area contributed by atoms with Gasteiger partial charge in [-0.1, -0.05) is 42.3 Å². The molecule has 6 bridgehead atoms. The number of hydrogen-bond acceptors (Lipinski definition) is 46. The number of hydrogen-bond donors (Lipinski definition) is 11. The summed E-state index contributed by atoms with van der Waals surface area (Å²) in [7, 11) is 6.01. The zero-order valence-corrected chi connectivity index (χ0v) is 95.1. The molecule has 869 valence electrons. The number of halogens is 1. The second-order valence-corrected chi connectivity index (χ2v) is 38.1. The quantitative estimate of drug-likeness (QED) is 0.0111. The van der Waals surface area contributed by atoms with Crippen molar-refractivity contribution >= 4 is 112 Å². The van der Waals surface area contributed by atoms with Gasteiger partial charge in [-0.2, -0.15) is 58.8 Å². The van der Waals surface area contributed by atoms with Gasteiger partial charge < -0.3 is 184 Å². The summed E-state index contributed by atoms with van der Waals surface area (Å²) in [5, 5.41) is 97.8. The summed E-state index contributed by atoms with van der Waals surface area (Å²) in [4.78, 5) is 76.2. The van der Waals surface area contributed by atoms with E-state index in [2.05, 4.69) is 35.7 Å². The van der Waals surface area contributed by atoms with Gasteiger partial charge in [0.25, 0.3) is 6.47 Å². The molecule has 7 rings (SSSR count). The maximum absolute atomic E-state index is 14.1. The second-order valence-electron chi connectivity index (χ2n) is 32.8. The number of alkyl carbamates (subject to hydrolysis) is 1. The second kappa shape index (κ2) is 91.4. The van der Waals surface area contributed by atoms with Crippen LogP contribution in [0.1, 0.15) is 65.4 Å². The molecule has 11 N–H and O–H groups in total. The molecule has 1 aromatic rings. The van der Waals surface area contributed by atoms with Crippen molar-refractivity contribution in [3.8, 4) is 5.75 Å². The predicted octanol–water partition coefficient (Wildman–Crippen LogP) is 3.36. The van der Waals surface area contributed by atoms with Gasteiger partial charge in [0, 0.05) is 97.5 Å². The summed E-state index contributed by atoms with van der Waals surface area (Å²) < 4.78 is 140. The number of aliphatic carboxylic acids is 1. The number of rotatable bonds is 73. The van der Waals surface area contributed by atoms with E-state index in [1.807, 2.05) is 31.8 Å². The Morgan fingerprint density at radius 3 is 1.28 bits per heavy atom. The minimum Gasteiger partial charge on any atom is -0.495 e. The molecule has 6 heterocycles. The van der Waals surface area contributed by atoms with E-state index in [0.29, 0.717) is 235 Å². The average molecular weight is 2430 g/mol. The Morgan fingerprint density at radius 1 is 0.568 bits per heavy atom. The van der Waals surface area contributed by atoms with E-state index in [4.69, 9.17) is 145 Å². The summed E-state index contributed by atoms with van der Waals surface area (Å²) in [6, 6.07) is 2.60. The van der Waals surface area contributed by atoms with E-state index in [9.17, 15) is 64.5 Å². The summed E-state index contributed by atoms with van der Waals surface area (Å²) in [6.07, 6.45) is 0.926. The molecule has 1 radical (unpaired) electrons. The molecule has 6 aliphatic rings. The number of carboxylic acids is 1. The van der Waals surface area contributed by atoms with Crippen LogP contribution in [0, 0.1) is 5.92 Å². The number of esters is 1. The monoisotopic (exact) mass is 2430 g/mol. The molecule has 148 heavy (non-hydrogen) atoms. The Labute approximate surface area is 914 Å². The fourth-order valence-electron chi connectivity index (χ4n) is 13.5. The van der Waals surface area contributed by atoms with Crippen LogP contribution in [-0.4, -0.2) is 522 Å². The molecule has 45 nitrogen and oxygen atoms in total. The summed E-state index contributed by atoms with van der Waals surface area (Å²) in [5.41, 5.74) is -0.786. The molecule has 1 aromatic carbocycles. The molecule has 4 saturated heterocycles. The van der Waals surface area contributed by atoms with E-state index < -0.39 is 140 Å². The van der Waals surface area contributed by atoms with Crippen molar-refractivity contribution in [2.24, 2.45) is 5.92 Å². The summed E-state index contributed by atoms with van der Waals surface area (Å²) in [5.74, 6) is -0.147. The van der Waals surface area contributed by atoms with E-state index in [-0.39, 0.29) is 78.6 Å². The first-order valence-corrected chi connectivity index (χ1v) is 55.9. The molecule has 3 amide bonds. The van der Waals surface area contributed by atoms with Crippen LogP contribution in [0.5, 0.6) is 5.75 Å². The van der Waals surface area contributed by atoms with Gasteiger partial charge in [-0.05, 0) is 76.2 Å². The minimum absolute atomic E-state index is 0. The van der Waals surface area contributed by atoms with Gasteiger partial charge >= 0.3 is 18.0 Å². The molecule has 0 spiro atoms. The number of fused-ring (bicyclic) bond motifs is 5. The number of benzene rings is 1. The van der Waals surface area contributed by atoms with Crippen molar-refractivity contribution in [2.45, 2.75) is 163 Å². The van der Waals surface area contributed by atoms with Crippen LogP contribution >= 0.6 is 70.4 Å². The number of thioether (sulfide) groups is 5. The molecular formula is C96H170AuClN3O42S5. The largest absolute Gasteiger partial charge is 0.495 e. The number of anilines is 1. The fraction of sp³-hybridized carbons (Fsp3) is 0.812. The minimum atomic E-state index is -1.83. The number of ether oxygens (including phenoxy) is 26. The van der Waals surface area contributed by atoms with E-state index in [0.717, 1.165) is 47.4 Å². The van der Waals surface area contributed by atoms with Crippen LogP contribution in [0.15, 0.2) is 49.1 Å². The van der Waals surface area contributed by atoms with Crippen LogP contribution in [0.2, 0.25) is 5.02 Å². The van der Waals surface area contributed by atoms with Crippen LogP contribution in [0.3, 0.4) is 0 Å². The van der Waals surface area contributed by atoms with Crippen LogP contribution in [0.4, 0.5) is 10.5 Å². The van der Waals surface area contributed by atoms with Gasteiger partial charge in [-0.15, -0.1) is 13.2 Å². The van der Waals surface area contributed by atoms with Gasteiger partial charge in [0.05, 0.1) is 269 Å². The van der Waals surface area contributed by atoms with Crippen LogP contribution < -0.4 is 15.0 Å². The third-order valence-corrected chi connectivity index (χ3v) is 25.2. The molecular weight excluding hydrogens is 2260 g/mol. The van der Waals surface area contributed by atoms with Crippen molar-refractivity contribution in [1.82, 2.24) is 10.2 Å². The number of aliphatic hydroxyl groups is 9. The van der Waals surface area contributed by atoms with Gasteiger partial charge in [-0.25, -0.2) is 9.59 Å². The SMILES string of the molecule is C=C.COc1cc2cc(c1Cl)N(C)C(=O)C[C@]1(OC(=O)[C@@H](C)N(C)C(=O)CCSC)C[C@@](C)(O1)[C@H](C)[C@@H]1C[C@](O)(NC(=O)O1)[C@H](OC)/C=C/C=C(/C)C2.CSCCOC1OC(CO)C(O)C(O)C1O.CSCCOC1OC(CO)C(O)C(O)C1O.CSCCOCCOCCOCCOCCOCCOCCOCCOCCC(=O)O.CSCCOCCOCCOCCOCCOCCOCCOCCOCCOC=O.[Au]. The van der Waals surface area contributed by atoms with Crippen molar-refractivity contribution < 1.29 is 225 Å². The summed E-state index contributed by atoms with van der Waals surface area (Å²) in [6.45, 7) is 30.1. The summed E-state index contributed by atoms with van der Waals surface area (Å²) >= 11 is 14.9. The number of carboxylic acid groups (broad SMARTS) is 1. The number of carbonyl (C=O) groups is 6. The van der Waals surface area contributed by atoms with Crippen LogP contribution in [0.25, 0.3) is 0 Å². The predicted molar refractivity (Wildman–Crippen MR) is 555 cm³/mol. The van der Waals surface area contributed by atoms with E-state index in [1.165, 1.54) is 42.8 Å². The smallest absolute Gasteiger partial charge is 0.409 e. The topological polar surface area (TPSA) is 563 Å². The molecule has 52 heteroatoms. The molecule has 0 aliphatic carbocycles. The molecule has 0 aromatic heterocycles. The molecule has 4 fully saturated rings. The number of allylic oxidation sites excluding steroid dienone is 3. The maximum Gasteiger partial charge on any atom is 0.409 e. The standard InChI is InChI=1S/C36H50ClN3O10S.2C20H40O10S.2C9H18O6S.C2H4.Au/c1-21-11-10-12-28(47-8)36(45)18-27(48-33(44)38-36)22(2)34(4)20-35(50-34,49-32(43)23(3)39(5)29(41)13-14-51-9)19-30(42)40(6)25-16-24(15-21)17-26(46-7)31(25)37;1-31-19-18-29-15-14-27-11-10-25-7-6-23-3-2-22-4-5-24-8-9-26-12-13-28-16-17-30-20-21;1-31-19-18-30-17-16-29-15-14-28-13-12-27-11-10-26-9-8-25-7-6-24-5-4-23-3-2-20(21)22;2*1-16-3-2-14-9-8(13)7(12)6(11)5(4-10)15-9;1-2;/h10-12,16-17,22-23,27-28,45H,13-15,18-20H2,1-9H3,(H,38,44);20H,2-19H2,1H3;2-19H2,1H3,(H,21,22);2*5-13H,2-4H2,1H3;1-2H2;/b12-10+,21-11-;;;;;;/t22-,23-,27+,28-,34-,35-,36-;;;;;;/m1....../s1. The first-order chi connectivity index (χ1) is 70.8. The third-order valence-electron chi connectivity index (χ3n) is 21.9. The molecule has 10 unspecified atom stereocenters. The number of amides is 3. The number of carbonyl (C=O) groups excluding carboxylic acids is 5. The molecule has 17 atom stereocenters. The zero-order chi connectivity index (χ0) is 109.